The average Bonchev–Trinajstić information content (AvgIpc) is 2.68. The summed E-state index contributed by atoms with van der Waals surface area (Å²) < 4.78 is 11.3. The van der Waals surface area contributed by atoms with Crippen LogP contribution < -0.4 is 14.9 Å². The van der Waals surface area contributed by atoms with Crippen LogP contribution >= 0.6 is 0 Å². The van der Waals surface area contributed by atoms with Crippen molar-refractivity contribution in [2.24, 2.45) is 5.10 Å². The van der Waals surface area contributed by atoms with Gasteiger partial charge in [0.05, 0.1) is 12.8 Å². The van der Waals surface area contributed by atoms with Gasteiger partial charge in [0.15, 0.2) is 0 Å². The summed E-state index contributed by atoms with van der Waals surface area (Å²) in [7, 11) is 0. The molecule has 5 heteroatoms. The van der Waals surface area contributed by atoms with Gasteiger partial charge in [-0.3, -0.25) is 4.79 Å². The topological polar surface area (TPSA) is 59.9 Å². The lowest BCUT2D eigenvalue weighted by atomic mass is 10.1. The minimum atomic E-state index is -0.208. The van der Waals surface area contributed by atoms with Crippen molar-refractivity contribution in [2.45, 2.75) is 33.3 Å². The molecule has 0 fully saturated rings. The zero-order chi connectivity index (χ0) is 13.8. The molecule has 1 N–H and O–H groups in total. The first-order valence-electron chi connectivity index (χ1n) is 6.36. The molecule has 102 valence electrons. The van der Waals surface area contributed by atoms with Crippen molar-refractivity contribution in [3.63, 3.8) is 0 Å². The molecular formula is C14H18N2O3. The second-order valence-corrected chi connectivity index (χ2v) is 4.49. The van der Waals surface area contributed by atoms with Crippen molar-refractivity contribution in [1.29, 1.82) is 0 Å². The molecule has 1 atom stereocenters. The predicted molar refractivity (Wildman–Crippen MR) is 72.8 cm³/mol. The molecule has 0 spiro atoms. The van der Waals surface area contributed by atoms with Crippen LogP contribution in [0.5, 0.6) is 11.5 Å². The Morgan fingerprint density at radius 2 is 2.42 bits per heavy atom. The summed E-state index contributed by atoms with van der Waals surface area (Å²) in [5.74, 6) is 1.41. The number of fused-ring (bicyclic) bond motifs is 1. The molecule has 5 nitrogen and oxygen atoms in total. The lowest BCUT2D eigenvalue weighted by Gasteiger charge is -2.09. The highest BCUT2D eigenvalue weighted by Gasteiger charge is 2.21. The molecule has 0 bridgehead atoms. The first-order valence-corrected chi connectivity index (χ1v) is 6.36. The van der Waals surface area contributed by atoms with Gasteiger partial charge in [0.25, 0.3) is 0 Å². The fraction of sp³-hybridized carbons (Fsp3) is 0.429. The van der Waals surface area contributed by atoms with Crippen molar-refractivity contribution >= 4 is 12.1 Å². The number of hydrazone groups is 1. The summed E-state index contributed by atoms with van der Waals surface area (Å²) in [6.45, 7) is 5.96. The Kier molecular flexibility index (Phi) is 4.04. The minimum Gasteiger partial charge on any atom is -0.493 e. The Labute approximate surface area is 112 Å². The third-order valence-corrected chi connectivity index (χ3v) is 2.75. The maximum Gasteiger partial charge on any atom is 0.236 e. The summed E-state index contributed by atoms with van der Waals surface area (Å²) in [6.07, 6.45) is 2.64. The highest BCUT2D eigenvalue weighted by molar-refractivity contribution is 5.86. The quantitative estimate of drug-likeness (QED) is 0.665. The molecule has 1 aliphatic heterocycles. The van der Waals surface area contributed by atoms with Crippen LogP contribution in [-0.4, -0.2) is 24.8 Å². The largest absolute Gasteiger partial charge is 0.493 e. The monoisotopic (exact) mass is 262 g/mol. The standard InChI is InChI=1S/C14H18N2O3/c1-4-18-13-6-11-5-9(2)19-14(11)7-12(13)8-15-16-10(3)17/h6-9H,4-5H2,1-3H3,(H,16,17)/b15-8-/t9-/m1/s1. The molecule has 0 saturated carbocycles. The van der Waals surface area contributed by atoms with Gasteiger partial charge in [-0.05, 0) is 26.0 Å². The van der Waals surface area contributed by atoms with E-state index in [0.717, 1.165) is 29.0 Å². The number of carbonyl (C=O) groups excluding carboxylic acids is 1. The maximum absolute atomic E-state index is 10.8. The SMILES string of the molecule is CCOc1cc2c(cc1/C=N\NC(C)=O)O[C@H](C)C2. The number of rotatable bonds is 4. The van der Waals surface area contributed by atoms with Gasteiger partial charge >= 0.3 is 0 Å². The van der Waals surface area contributed by atoms with E-state index >= 15 is 0 Å². The number of nitrogens with one attached hydrogen (secondary N) is 1. The van der Waals surface area contributed by atoms with Crippen LogP contribution in [0.15, 0.2) is 17.2 Å². The van der Waals surface area contributed by atoms with Crippen LogP contribution in [0.2, 0.25) is 0 Å². The number of hydrogen-bond donors (Lipinski definition) is 1. The molecule has 0 saturated heterocycles. The second-order valence-electron chi connectivity index (χ2n) is 4.49. The van der Waals surface area contributed by atoms with Crippen LogP contribution in [0.4, 0.5) is 0 Å². The summed E-state index contributed by atoms with van der Waals surface area (Å²) in [5.41, 5.74) is 4.31. The summed E-state index contributed by atoms with van der Waals surface area (Å²) in [4.78, 5) is 10.8. The third kappa shape index (κ3) is 3.24. The fourth-order valence-corrected chi connectivity index (χ4v) is 2.03. The Bertz CT molecular complexity index is 512. The summed E-state index contributed by atoms with van der Waals surface area (Å²) in [6, 6.07) is 3.88. The lowest BCUT2D eigenvalue weighted by molar-refractivity contribution is -0.118. The van der Waals surface area contributed by atoms with Crippen LogP contribution in [0.25, 0.3) is 0 Å². The molecule has 1 aromatic rings. The molecule has 2 rings (SSSR count). The van der Waals surface area contributed by atoms with E-state index in [1.165, 1.54) is 6.92 Å². The molecule has 19 heavy (non-hydrogen) atoms. The normalized spacial score (nSPS) is 17.1. The number of benzene rings is 1. The highest BCUT2D eigenvalue weighted by Crippen LogP contribution is 2.34. The molecule has 1 aromatic carbocycles. The van der Waals surface area contributed by atoms with Crippen molar-refractivity contribution in [1.82, 2.24) is 5.43 Å². The van der Waals surface area contributed by atoms with E-state index in [9.17, 15) is 4.79 Å². The van der Waals surface area contributed by atoms with Crippen molar-refractivity contribution in [3.8, 4) is 11.5 Å². The van der Waals surface area contributed by atoms with E-state index in [0.29, 0.717) is 6.61 Å². The summed E-state index contributed by atoms with van der Waals surface area (Å²) >= 11 is 0. The number of nitrogens with zero attached hydrogens (tertiary/aromatic N) is 1. The molecule has 1 amide bonds. The zero-order valence-electron chi connectivity index (χ0n) is 11.4. The third-order valence-electron chi connectivity index (χ3n) is 2.75. The van der Waals surface area contributed by atoms with Crippen LogP contribution in [0.3, 0.4) is 0 Å². The lowest BCUT2D eigenvalue weighted by Crippen LogP contribution is -2.12. The van der Waals surface area contributed by atoms with E-state index in [-0.39, 0.29) is 12.0 Å². The van der Waals surface area contributed by atoms with Gasteiger partial charge in [-0.25, -0.2) is 5.43 Å². The van der Waals surface area contributed by atoms with E-state index in [1.54, 1.807) is 6.21 Å². The van der Waals surface area contributed by atoms with Crippen LogP contribution in [0.1, 0.15) is 31.9 Å². The Balaban J connectivity index is 2.28. The van der Waals surface area contributed by atoms with Gasteiger partial charge in [0, 0.05) is 24.5 Å². The molecule has 1 aliphatic rings. The van der Waals surface area contributed by atoms with E-state index in [4.69, 9.17) is 9.47 Å². The molecule has 0 unspecified atom stereocenters. The zero-order valence-corrected chi connectivity index (χ0v) is 11.4. The number of carbonyl (C=O) groups is 1. The molecule has 0 radical (unpaired) electrons. The van der Waals surface area contributed by atoms with E-state index in [2.05, 4.69) is 10.5 Å². The highest BCUT2D eigenvalue weighted by atomic mass is 16.5. The molecule has 0 aromatic heterocycles. The van der Waals surface area contributed by atoms with Crippen molar-refractivity contribution < 1.29 is 14.3 Å². The summed E-state index contributed by atoms with van der Waals surface area (Å²) in [5, 5.41) is 3.87. The van der Waals surface area contributed by atoms with Gasteiger partial charge < -0.3 is 9.47 Å². The average molecular weight is 262 g/mol. The number of amides is 1. The Morgan fingerprint density at radius 1 is 1.63 bits per heavy atom. The second kappa shape index (κ2) is 5.73. The Morgan fingerprint density at radius 3 is 3.11 bits per heavy atom. The van der Waals surface area contributed by atoms with Gasteiger partial charge in [-0.1, -0.05) is 0 Å². The molecule has 1 heterocycles. The molecule has 0 aliphatic carbocycles. The maximum atomic E-state index is 10.8. The number of ether oxygens (including phenoxy) is 2. The van der Waals surface area contributed by atoms with E-state index in [1.807, 2.05) is 26.0 Å². The smallest absolute Gasteiger partial charge is 0.236 e. The Hall–Kier alpha value is -2.04. The van der Waals surface area contributed by atoms with Gasteiger partial charge in [0.1, 0.15) is 17.6 Å². The first kappa shape index (κ1) is 13.4. The first-order chi connectivity index (χ1) is 9.10. The van der Waals surface area contributed by atoms with Crippen molar-refractivity contribution in [3.05, 3.63) is 23.3 Å². The predicted octanol–water partition coefficient (Wildman–Crippen LogP) is 1.88. The van der Waals surface area contributed by atoms with Crippen LogP contribution in [-0.2, 0) is 11.2 Å². The fourth-order valence-electron chi connectivity index (χ4n) is 2.03. The van der Waals surface area contributed by atoms with Gasteiger partial charge in [-0.15, -0.1) is 0 Å². The van der Waals surface area contributed by atoms with Gasteiger partial charge in [0.2, 0.25) is 5.91 Å². The van der Waals surface area contributed by atoms with Gasteiger partial charge in [-0.2, -0.15) is 5.10 Å². The minimum absolute atomic E-state index is 0.187. The van der Waals surface area contributed by atoms with Crippen LogP contribution in [0, 0.1) is 0 Å². The van der Waals surface area contributed by atoms with E-state index < -0.39 is 0 Å². The van der Waals surface area contributed by atoms with Crippen molar-refractivity contribution in [2.75, 3.05) is 6.61 Å². The molecular weight excluding hydrogens is 244 g/mol. The number of hydrogen-bond acceptors (Lipinski definition) is 4.